The first-order valence-corrected chi connectivity index (χ1v) is 9.89. The van der Waals surface area contributed by atoms with Crippen molar-refractivity contribution in [3.05, 3.63) is 75.2 Å². The molecule has 3 rings (SSSR count). The number of amides is 1. The predicted molar refractivity (Wildman–Crippen MR) is 119 cm³/mol. The first-order chi connectivity index (χ1) is 14.9. The van der Waals surface area contributed by atoms with Gasteiger partial charge in [0.25, 0.3) is 11.5 Å². The third-order valence-electron chi connectivity index (χ3n) is 4.32. The van der Waals surface area contributed by atoms with Crippen molar-refractivity contribution in [1.82, 2.24) is 4.98 Å². The van der Waals surface area contributed by atoms with Gasteiger partial charge < -0.3 is 19.8 Å². The fourth-order valence-electron chi connectivity index (χ4n) is 3.00. The highest BCUT2D eigenvalue weighted by molar-refractivity contribution is 6.33. The predicted octanol–water partition coefficient (Wildman–Crippen LogP) is 4.29. The second-order valence-corrected chi connectivity index (χ2v) is 7.00. The van der Waals surface area contributed by atoms with Gasteiger partial charge in [0, 0.05) is 28.6 Å². The quantitative estimate of drug-likeness (QED) is 0.573. The largest absolute Gasteiger partial charge is 0.490 e. The van der Waals surface area contributed by atoms with Gasteiger partial charge in [0.15, 0.2) is 18.1 Å². The molecule has 0 radical (unpaired) electrons. The summed E-state index contributed by atoms with van der Waals surface area (Å²) in [5.41, 5.74) is 1.55. The molecule has 1 heterocycles. The summed E-state index contributed by atoms with van der Waals surface area (Å²) in [7, 11) is 0. The highest BCUT2D eigenvalue weighted by atomic mass is 35.5. The number of aromatic nitrogens is 1. The molecule has 0 atom stereocenters. The Morgan fingerprint density at radius 1 is 1.13 bits per heavy atom. The van der Waals surface area contributed by atoms with Gasteiger partial charge in [-0.1, -0.05) is 29.8 Å². The van der Waals surface area contributed by atoms with Crippen LogP contribution in [0.15, 0.2) is 53.3 Å². The molecule has 1 amide bonds. The number of pyridine rings is 1. The molecule has 0 aliphatic rings. The average Bonchev–Trinajstić information content (AvgIpc) is 2.74. The van der Waals surface area contributed by atoms with Gasteiger partial charge in [0.1, 0.15) is 11.6 Å². The van der Waals surface area contributed by atoms with E-state index in [-0.39, 0.29) is 28.8 Å². The molecule has 2 aromatic carbocycles. The zero-order valence-electron chi connectivity index (χ0n) is 17.0. The van der Waals surface area contributed by atoms with E-state index < -0.39 is 5.56 Å². The molecule has 0 saturated carbocycles. The van der Waals surface area contributed by atoms with Gasteiger partial charge in [-0.25, -0.2) is 0 Å². The maximum Gasteiger partial charge on any atom is 0.266 e. The highest BCUT2D eigenvalue weighted by Gasteiger charge is 2.18. The van der Waals surface area contributed by atoms with E-state index in [4.69, 9.17) is 21.1 Å². The average molecular weight is 438 g/mol. The van der Waals surface area contributed by atoms with Crippen molar-refractivity contribution in [3.63, 3.8) is 0 Å². The van der Waals surface area contributed by atoms with Crippen molar-refractivity contribution in [2.45, 2.75) is 13.8 Å². The van der Waals surface area contributed by atoms with Crippen LogP contribution in [0.2, 0.25) is 5.02 Å². The molecule has 7 nitrogen and oxygen atoms in total. The lowest BCUT2D eigenvalue weighted by atomic mass is 10.0. The molecule has 0 saturated heterocycles. The Morgan fingerprint density at radius 2 is 1.84 bits per heavy atom. The summed E-state index contributed by atoms with van der Waals surface area (Å²) in [5, 5.41) is 12.4. The summed E-state index contributed by atoms with van der Waals surface area (Å²) in [6.07, 6.45) is 0. The molecule has 0 unspecified atom stereocenters. The molecule has 1 aromatic heterocycles. The van der Waals surface area contributed by atoms with E-state index in [1.807, 2.05) is 24.3 Å². The summed E-state index contributed by atoms with van der Waals surface area (Å²) in [5.74, 6) is 0.279. The first-order valence-electron chi connectivity index (χ1n) is 9.51. The Balaban J connectivity index is 1.90. The van der Waals surface area contributed by atoms with Crippen LogP contribution in [0.25, 0.3) is 11.1 Å². The van der Waals surface area contributed by atoms with Crippen molar-refractivity contribution >= 4 is 23.2 Å². The number of anilines is 1. The minimum atomic E-state index is -0.496. The zero-order valence-corrected chi connectivity index (χ0v) is 17.7. The van der Waals surface area contributed by atoms with Crippen molar-refractivity contribution in [1.29, 1.82) is 5.26 Å². The molecular formula is C23H20ClN3O4. The molecule has 0 fully saturated rings. The van der Waals surface area contributed by atoms with Crippen LogP contribution in [0.5, 0.6) is 11.5 Å². The van der Waals surface area contributed by atoms with Gasteiger partial charge in [0.2, 0.25) is 0 Å². The Hall–Kier alpha value is -3.76. The minimum Gasteiger partial charge on any atom is -0.490 e. The van der Waals surface area contributed by atoms with Crippen LogP contribution in [0, 0.1) is 18.3 Å². The Kier molecular flexibility index (Phi) is 6.96. The van der Waals surface area contributed by atoms with Crippen LogP contribution in [-0.2, 0) is 4.79 Å². The summed E-state index contributed by atoms with van der Waals surface area (Å²) in [4.78, 5) is 27.0. The van der Waals surface area contributed by atoms with Gasteiger partial charge in [-0.3, -0.25) is 9.59 Å². The third-order valence-corrected chi connectivity index (χ3v) is 4.63. The molecule has 2 N–H and O–H groups in total. The number of nitrogens with one attached hydrogen (secondary N) is 2. The van der Waals surface area contributed by atoms with E-state index in [1.165, 1.54) is 6.07 Å². The second-order valence-electron chi connectivity index (χ2n) is 6.60. The van der Waals surface area contributed by atoms with E-state index in [0.29, 0.717) is 34.9 Å². The maximum absolute atomic E-state index is 12.2. The van der Waals surface area contributed by atoms with Gasteiger partial charge in [-0.15, -0.1) is 0 Å². The number of para-hydroxylation sites is 1. The van der Waals surface area contributed by atoms with Crippen LogP contribution in [0.3, 0.4) is 0 Å². The number of H-pyrrole nitrogens is 1. The number of aromatic amines is 1. The Morgan fingerprint density at radius 3 is 2.52 bits per heavy atom. The number of nitriles is 1. The lowest BCUT2D eigenvalue weighted by molar-refractivity contribution is -0.118. The molecule has 0 aliphatic heterocycles. The SMILES string of the molecule is CCOc1cc(-c2cc(C)[nH]c(=O)c2C#N)c(Cl)cc1OCC(=O)Nc1ccccc1. The van der Waals surface area contributed by atoms with Crippen molar-refractivity contribution in [2.75, 3.05) is 18.5 Å². The fourth-order valence-corrected chi connectivity index (χ4v) is 3.25. The normalized spacial score (nSPS) is 10.3. The maximum atomic E-state index is 12.2. The number of nitrogens with zero attached hydrogens (tertiary/aromatic N) is 1. The molecule has 3 aromatic rings. The third kappa shape index (κ3) is 5.24. The number of rotatable bonds is 7. The number of aryl methyl sites for hydroxylation is 1. The van der Waals surface area contributed by atoms with Gasteiger partial charge in [-0.05, 0) is 38.1 Å². The number of hydrogen-bond acceptors (Lipinski definition) is 5. The smallest absolute Gasteiger partial charge is 0.266 e. The van der Waals surface area contributed by atoms with Gasteiger partial charge >= 0.3 is 0 Å². The summed E-state index contributed by atoms with van der Waals surface area (Å²) in [6.45, 7) is 3.61. The molecule has 158 valence electrons. The number of benzene rings is 2. The highest BCUT2D eigenvalue weighted by Crippen LogP contribution is 2.39. The lowest BCUT2D eigenvalue weighted by Gasteiger charge is -2.15. The number of ether oxygens (including phenoxy) is 2. The van der Waals surface area contributed by atoms with Crippen molar-refractivity contribution < 1.29 is 14.3 Å². The van der Waals surface area contributed by atoms with Crippen LogP contribution in [0.1, 0.15) is 18.2 Å². The summed E-state index contributed by atoms with van der Waals surface area (Å²) < 4.78 is 11.3. The first kappa shape index (κ1) is 21.9. The number of carbonyl (C=O) groups excluding carboxylic acids is 1. The molecular weight excluding hydrogens is 418 g/mol. The van der Waals surface area contributed by atoms with E-state index in [1.54, 1.807) is 38.1 Å². The van der Waals surface area contributed by atoms with Gasteiger partial charge in [-0.2, -0.15) is 5.26 Å². The zero-order chi connectivity index (χ0) is 22.4. The van der Waals surface area contributed by atoms with Crippen molar-refractivity contribution in [2.24, 2.45) is 0 Å². The fraction of sp³-hybridized carbons (Fsp3) is 0.174. The monoisotopic (exact) mass is 437 g/mol. The lowest BCUT2D eigenvalue weighted by Crippen LogP contribution is -2.20. The number of hydrogen-bond donors (Lipinski definition) is 2. The standard InChI is InChI=1S/C23H20ClN3O4/c1-3-30-20-10-17(16-9-14(2)26-23(29)18(16)12-25)19(24)11-21(20)31-13-22(28)27-15-7-5-4-6-8-15/h4-11H,3,13H2,1-2H3,(H,26,29)(H,27,28). The topological polar surface area (TPSA) is 104 Å². The summed E-state index contributed by atoms with van der Waals surface area (Å²) >= 11 is 6.46. The van der Waals surface area contributed by atoms with Crippen molar-refractivity contribution in [3.8, 4) is 28.7 Å². The molecule has 31 heavy (non-hydrogen) atoms. The minimum absolute atomic E-state index is 0.0501. The van der Waals surface area contributed by atoms with E-state index >= 15 is 0 Å². The molecule has 0 bridgehead atoms. The van der Waals surface area contributed by atoms with Gasteiger partial charge in [0.05, 0.1) is 11.6 Å². The van der Waals surface area contributed by atoms with Crippen LogP contribution in [0.4, 0.5) is 5.69 Å². The molecule has 0 spiro atoms. The van der Waals surface area contributed by atoms with Crippen LogP contribution in [-0.4, -0.2) is 24.1 Å². The van der Waals surface area contributed by atoms with E-state index in [0.717, 1.165) is 0 Å². The van der Waals surface area contributed by atoms with Crippen LogP contribution < -0.4 is 20.3 Å². The summed E-state index contributed by atoms with van der Waals surface area (Å²) in [6, 6.07) is 15.7. The van der Waals surface area contributed by atoms with E-state index in [9.17, 15) is 14.9 Å². The number of halogens is 1. The number of carbonyl (C=O) groups is 1. The Bertz CT molecular complexity index is 1200. The van der Waals surface area contributed by atoms with E-state index in [2.05, 4.69) is 10.3 Å². The molecule has 0 aliphatic carbocycles. The molecule has 8 heteroatoms. The Labute approximate surface area is 184 Å². The van der Waals surface area contributed by atoms with Crippen LogP contribution >= 0.6 is 11.6 Å². The second kappa shape index (κ2) is 9.83.